The molecule has 10 heteroatoms. The second kappa shape index (κ2) is 6.69. The second-order valence-corrected chi connectivity index (χ2v) is 6.76. The lowest BCUT2D eigenvalue weighted by atomic mass is 10.2. The van der Waals surface area contributed by atoms with E-state index in [1.807, 2.05) is 0 Å². The monoisotopic (exact) mass is 362 g/mol. The van der Waals surface area contributed by atoms with Gasteiger partial charge in [-0.2, -0.15) is 13.2 Å². The molecule has 0 aromatic heterocycles. The Morgan fingerprint density at radius 3 is 2.36 bits per heavy atom. The zero-order valence-electron chi connectivity index (χ0n) is 11.2. The zero-order chi connectivity index (χ0) is 15.8. The maximum absolute atomic E-state index is 13.4. The molecule has 126 valence electrons. The van der Waals surface area contributed by atoms with Gasteiger partial charge in [0, 0.05) is 12.6 Å². The molecule has 1 fully saturated rings. The van der Waals surface area contributed by atoms with Crippen LogP contribution >= 0.6 is 12.4 Å². The summed E-state index contributed by atoms with van der Waals surface area (Å²) in [5, 5.41) is 0. The van der Waals surface area contributed by atoms with Gasteiger partial charge >= 0.3 is 6.18 Å². The van der Waals surface area contributed by atoms with Crippen molar-refractivity contribution in [2.24, 2.45) is 11.7 Å². The lowest BCUT2D eigenvalue weighted by Crippen LogP contribution is -2.38. The van der Waals surface area contributed by atoms with E-state index in [4.69, 9.17) is 5.73 Å². The highest BCUT2D eigenvalue weighted by Gasteiger charge is 2.35. The Bertz CT molecular complexity index is 633. The quantitative estimate of drug-likeness (QED) is 0.789. The van der Waals surface area contributed by atoms with Gasteiger partial charge in [-0.15, -0.1) is 12.4 Å². The zero-order valence-corrected chi connectivity index (χ0v) is 12.9. The maximum Gasteiger partial charge on any atom is 0.419 e. The normalized spacial score (nSPS) is 17.0. The molecule has 1 unspecified atom stereocenters. The number of nitrogens with one attached hydrogen (secondary N) is 1. The van der Waals surface area contributed by atoms with Crippen LogP contribution in [0.2, 0.25) is 0 Å². The highest BCUT2D eigenvalue weighted by molar-refractivity contribution is 7.89. The third-order valence-corrected chi connectivity index (χ3v) is 4.71. The van der Waals surface area contributed by atoms with E-state index in [1.54, 1.807) is 0 Å². The van der Waals surface area contributed by atoms with Crippen LogP contribution in [0, 0.1) is 11.7 Å². The van der Waals surface area contributed by atoms with E-state index in [0.29, 0.717) is 12.1 Å². The molecule has 1 aliphatic rings. The fourth-order valence-corrected chi connectivity index (χ4v) is 2.96. The van der Waals surface area contributed by atoms with Crippen molar-refractivity contribution in [3.05, 3.63) is 29.6 Å². The topological polar surface area (TPSA) is 72.2 Å². The third kappa shape index (κ3) is 4.55. The highest BCUT2D eigenvalue weighted by atomic mass is 35.5. The molecular formula is C12H15ClF4N2O2S. The molecule has 0 heterocycles. The first-order valence-electron chi connectivity index (χ1n) is 6.23. The fourth-order valence-electron chi connectivity index (χ4n) is 1.87. The Hall–Kier alpha value is -0.900. The molecule has 0 spiro atoms. The molecule has 0 bridgehead atoms. The summed E-state index contributed by atoms with van der Waals surface area (Å²) in [6.45, 7) is -0.0321. The number of alkyl halides is 3. The number of benzene rings is 1. The van der Waals surface area contributed by atoms with Crippen LogP contribution in [0.4, 0.5) is 17.6 Å². The SMILES string of the molecule is Cl.NC(CNS(=O)(=O)c1ccc(C(F)(F)F)c(F)c1)C1CC1. The van der Waals surface area contributed by atoms with Gasteiger partial charge < -0.3 is 5.73 Å². The molecular weight excluding hydrogens is 348 g/mol. The Kier molecular flexibility index (Phi) is 5.82. The molecule has 1 aliphatic carbocycles. The summed E-state index contributed by atoms with van der Waals surface area (Å²) < 4.78 is 76.5. The van der Waals surface area contributed by atoms with Crippen LogP contribution in [0.15, 0.2) is 23.1 Å². The Balaban J connectivity index is 0.00000242. The van der Waals surface area contributed by atoms with E-state index in [1.165, 1.54) is 0 Å². The van der Waals surface area contributed by atoms with E-state index in [9.17, 15) is 26.0 Å². The number of rotatable bonds is 5. The standard InChI is InChI=1S/C12H14F4N2O2S.ClH/c13-10-5-8(3-4-9(10)12(14,15)16)21(19,20)18-6-11(17)7-1-2-7;/h3-5,7,11,18H,1-2,6,17H2;1H. The summed E-state index contributed by atoms with van der Waals surface area (Å²) in [4.78, 5) is -0.559. The van der Waals surface area contributed by atoms with Gasteiger partial charge in [0.15, 0.2) is 0 Å². The molecule has 0 amide bonds. The van der Waals surface area contributed by atoms with Crippen LogP contribution in [-0.4, -0.2) is 21.0 Å². The van der Waals surface area contributed by atoms with E-state index >= 15 is 0 Å². The minimum atomic E-state index is -4.87. The lowest BCUT2D eigenvalue weighted by Gasteiger charge is -2.13. The van der Waals surface area contributed by atoms with Gasteiger partial charge in [-0.25, -0.2) is 17.5 Å². The van der Waals surface area contributed by atoms with Crippen molar-refractivity contribution in [3.8, 4) is 0 Å². The minimum absolute atomic E-state index is 0. The van der Waals surface area contributed by atoms with Crippen molar-refractivity contribution in [1.82, 2.24) is 4.72 Å². The number of hydrogen-bond donors (Lipinski definition) is 2. The van der Waals surface area contributed by atoms with Gasteiger partial charge in [-0.05, 0) is 37.0 Å². The first-order valence-corrected chi connectivity index (χ1v) is 7.71. The van der Waals surface area contributed by atoms with E-state index in [2.05, 4.69) is 4.72 Å². The van der Waals surface area contributed by atoms with E-state index in [0.717, 1.165) is 18.9 Å². The minimum Gasteiger partial charge on any atom is -0.326 e. The van der Waals surface area contributed by atoms with E-state index in [-0.39, 0.29) is 30.9 Å². The van der Waals surface area contributed by atoms with Crippen molar-refractivity contribution < 1.29 is 26.0 Å². The Morgan fingerprint density at radius 2 is 1.91 bits per heavy atom. The number of sulfonamides is 1. The molecule has 0 aliphatic heterocycles. The molecule has 0 radical (unpaired) electrons. The number of halogens is 5. The van der Waals surface area contributed by atoms with Gasteiger partial charge in [-0.1, -0.05) is 0 Å². The lowest BCUT2D eigenvalue weighted by molar-refractivity contribution is -0.140. The van der Waals surface area contributed by atoms with Crippen molar-refractivity contribution in [2.45, 2.75) is 30.0 Å². The smallest absolute Gasteiger partial charge is 0.326 e. The molecule has 1 aromatic carbocycles. The van der Waals surface area contributed by atoms with E-state index < -0.39 is 32.5 Å². The van der Waals surface area contributed by atoms with Crippen molar-refractivity contribution in [2.75, 3.05) is 6.54 Å². The van der Waals surface area contributed by atoms with Crippen LogP contribution in [0.3, 0.4) is 0 Å². The van der Waals surface area contributed by atoms with Crippen molar-refractivity contribution in [1.29, 1.82) is 0 Å². The average Bonchev–Trinajstić information content (AvgIpc) is 3.18. The summed E-state index contributed by atoms with van der Waals surface area (Å²) in [5.74, 6) is -1.37. The van der Waals surface area contributed by atoms with Gasteiger partial charge in [0.05, 0.1) is 10.5 Å². The molecule has 0 saturated heterocycles. The van der Waals surface area contributed by atoms with Crippen LogP contribution in [0.1, 0.15) is 18.4 Å². The molecule has 3 N–H and O–H groups in total. The molecule has 1 atom stereocenters. The summed E-state index contributed by atoms with van der Waals surface area (Å²) in [6.07, 6.45) is -3.01. The van der Waals surface area contributed by atoms with Gasteiger partial charge in [0.1, 0.15) is 5.82 Å². The summed E-state index contributed by atoms with van der Waals surface area (Å²) in [5.41, 5.74) is 4.22. The van der Waals surface area contributed by atoms with Crippen LogP contribution in [0.25, 0.3) is 0 Å². The highest BCUT2D eigenvalue weighted by Crippen LogP contribution is 2.33. The predicted molar refractivity (Wildman–Crippen MR) is 74.5 cm³/mol. The van der Waals surface area contributed by atoms with Crippen LogP contribution < -0.4 is 10.5 Å². The second-order valence-electron chi connectivity index (χ2n) is 4.99. The average molecular weight is 363 g/mol. The molecule has 1 aromatic rings. The Labute approximate surface area is 131 Å². The molecule has 22 heavy (non-hydrogen) atoms. The fraction of sp³-hybridized carbons (Fsp3) is 0.500. The van der Waals surface area contributed by atoms with Gasteiger partial charge in [-0.3, -0.25) is 0 Å². The van der Waals surface area contributed by atoms with Crippen molar-refractivity contribution in [3.63, 3.8) is 0 Å². The third-order valence-electron chi connectivity index (χ3n) is 3.29. The van der Waals surface area contributed by atoms with Crippen LogP contribution in [-0.2, 0) is 16.2 Å². The molecule has 1 saturated carbocycles. The first-order chi connectivity index (χ1) is 9.61. The summed E-state index contributed by atoms with van der Waals surface area (Å²) in [7, 11) is -4.08. The predicted octanol–water partition coefficient (Wildman–Crippen LogP) is 2.28. The first kappa shape index (κ1) is 19.1. The summed E-state index contributed by atoms with van der Waals surface area (Å²) >= 11 is 0. The Morgan fingerprint density at radius 1 is 1.32 bits per heavy atom. The number of nitrogens with two attached hydrogens (primary N) is 1. The molecule has 4 nitrogen and oxygen atoms in total. The van der Waals surface area contributed by atoms with Crippen molar-refractivity contribution >= 4 is 22.4 Å². The van der Waals surface area contributed by atoms with Gasteiger partial charge in [0.2, 0.25) is 10.0 Å². The number of hydrogen-bond acceptors (Lipinski definition) is 3. The maximum atomic E-state index is 13.4. The van der Waals surface area contributed by atoms with Crippen LogP contribution in [0.5, 0.6) is 0 Å². The molecule has 2 rings (SSSR count). The largest absolute Gasteiger partial charge is 0.419 e. The summed E-state index contributed by atoms with van der Waals surface area (Å²) in [6, 6.07) is 1.13. The van der Waals surface area contributed by atoms with Gasteiger partial charge in [0.25, 0.3) is 0 Å².